The normalized spacial score (nSPS) is 26.8. The van der Waals surface area contributed by atoms with Gasteiger partial charge in [0.25, 0.3) is 0 Å². The lowest BCUT2D eigenvalue weighted by Gasteiger charge is -2.13. The standard InChI is InChI=1S/C10H11ClFNO/c1-6-5-14-10(13-6)9-7(11)3-2-4-8(9)12/h2-4,6,10,13H,5H2,1H3. The van der Waals surface area contributed by atoms with E-state index in [4.69, 9.17) is 16.3 Å². The maximum Gasteiger partial charge on any atom is 0.138 e. The Morgan fingerprint density at radius 2 is 2.36 bits per heavy atom. The predicted molar refractivity (Wildman–Crippen MR) is 52.7 cm³/mol. The van der Waals surface area contributed by atoms with Crippen molar-refractivity contribution in [2.75, 3.05) is 6.61 Å². The molecule has 1 saturated heterocycles. The Hall–Kier alpha value is -0.640. The van der Waals surface area contributed by atoms with E-state index in [1.54, 1.807) is 12.1 Å². The fourth-order valence-corrected chi connectivity index (χ4v) is 1.79. The van der Waals surface area contributed by atoms with E-state index < -0.39 is 6.23 Å². The highest BCUT2D eigenvalue weighted by Crippen LogP contribution is 2.29. The van der Waals surface area contributed by atoms with E-state index in [0.717, 1.165) is 0 Å². The average molecular weight is 216 g/mol. The molecule has 0 aliphatic carbocycles. The van der Waals surface area contributed by atoms with Gasteiger partial charge in [-0.3, -0.25) is 5.32 Å². The van der Waals surface area contributed by atoms with Gasteiger partial charge in [-0.2, -0.15) is 0 Å². The Morgan fingerprint density at radius 3 is 2.93 bits per heavy atom. The molecule has 2 rings (SSSR count). The van der Waals surface area contributed by atoms with Gasteiger partial charge in [-0.1, -0.05) is 17.7 Å². The summed E-state index contributed by atoms with van der Waals surface area (Å²) in [6, 6.07) is 4.86. The van der Waals surface area contributed by atoms with Crippen molar-refractivity contribution >= 4 is 11.6 Å². The third-order valence-electron chi connectivity index (χ3n) is 2.21. The Bertz CT molecular complexity index is 325. The van der Waals surface area contributed by atoms with Crippen molar-refractivity contribution in [3.05, 3.63) is 34.6 Å². The van der Waals surface area contributed by atoms with Crippen LogP contribution in [0.2, 0.25) is 5.02 Å². The van der Waals surface area contributed by atoms with E-state index in [9.17, 15) is 4.39 Å². The van der Waals surface area contributed by atoms with Gasteiger partial charge in [0.1, 0.15) is 12.0 Å². The summed E-state index contributed by atoms with van der Waals surface area (Å²) in [6.45, 7) is 2.56. The molecule has 0 amide bonds. The molecule has 4 heteroatoms. The molecule has 1 N–H and O–H groups in total. The lowest BCUT2D eigenvalue weighted by atomic mass is 10.2. The molecule has 76 valence electrons. The van der Waals surface area contributed by atoms with E-state index in [1.165, 1.54) is 6.07 Å². The summed E-state index contributed by atoms with van der Waals surface area (Å²) in [5, 5.41) is 3.50. The van der Waals surface area contributed by atoms with E-state index in [-0.39, 0.29) is 11.9 Å². The van der Waals surface area contributed by atoms with Crippen LogP contribution in [0.5, 0.6) is 0 Å². The van der Waals surface area contributed by atoms with Crippen LogP contribution in [0, 0.1) is 5.82 Å². The van der Waals surface area contributed by atoms with Gasteiger partial charge in [0.05, 0.1) is 11.6 Å². The van der Waals surface area contributed by atoms with Gasteiger partial charge in [0.2, 0.25) is 0 Å². The van der Waals surface area contributed by atoms with Gasteiger partial charge in [-0.15, -0.1) is 0 Å². The maximum atomic E-state index is 13.4. The number of benzene rings is 1. The van der Waals surface area contributed by atoms with Crippen molar-refractivity contribution in [1.82, 2.24) is 5.32 Å². The third kappa shape index (κ3) is 1.75. The molecule has 1 aliphatic heterocycles. The molecule has 1 aromatic rings. The number of rotatable bonds is 1. The molecule has 0 saturated carbocycles. The zero-order chi connectivity index (χ0) is 10.1. The van der Waals surface area contributed by atoms with Gasteiger partial charge in [-0.25, -0.2) is 4.39 Å². The maximum absolute atomic E-state index is 13.4. The first-order valence-corrected chi connectivity index (χ1v) is 4.88. The van der Waals surface area contributed by atoms with E-state index in [2.05, 4.69) is 5.32 Å². The average Bonchev–Trinajstić information content (AvgIpc) is 2.51. The highest BCUT2D eigenvalue weighted by Gasteiger charge is 2.26. The molecule has 0 spiro atoms. The largest absolute Gasteiger partial charge is 0.357 e. The Kier molecular flexibility index (Phi) is 2.72. The molecule has 0 bridgehead atoms. The highest BCUT2D eigenvalue weighted by atomic mass is 35.5. The molecular weight excluding hydrogens is 205 g/mol. The highest BCUT2D eigenvalue weighted by molar-refractivity contribution is 6.31. The monoisotopic (exact) mass is 215 g/mol. The van der Waals surface area contributed by atoms with Crippen LogP contribution in [-0.2, 0) is 4.74 Å². The lowest BCUT2D eigenvalue weighted by Crippen LogP contribution is -2.23. The molecule has 2 nitrogen and oxygen atoms in total. The molecule has 1 heterocycles. The second kappa shape index (κ2) is 3.85. The second-order valence-corrected chi connectivity index (χ2v) is 3.82. The SMILES string of the molecule is CC1COC(c2c(F)cccc2Cl)N1. The first-order valence-electron chi connectivity index (χ1n) is 4.50. The van der Waals surface area contributed by atoms with Crippen LogP contribution in [0.4, 0.5) is 4.39 Å². The first-order chi connectivity index (χ1) is 6.68. The van der Waals surface area contributed by atoms with Gasteiger partial charge in [-0.05, 0) is 19.1 Å². The van der Waals surface area contributed by atoms with Gasteiger partial charge in [0, 0.05) is 11.6 Å². The summed E-state index contributed by atoms with van der Waals surface area (Å²) in [5.41, 5.74) is 0.401. The van der Waals surface area contributed by atoms with Crippen molar-refractivity contribution in [3.63, 3.8) is 0 Å². The first kappa shape index (κ1) is 9.90. The van der Waals surface area contributed by atoms with Crippen molar-refractivity contribution in [1.29, 1.82) is 0 Å². The van der Waals surface area contributed by atoms with E-state index >= 15 is 0 Å². The van der Waals surface area contributed by atoms with Crippen molar-refractivity contribution in [3.8, 4) is 0 Å². The summed E-state index contributed by atoms with van der Waals surface area (Å²) >= 11 is 5.90. The van der Waals surface area contributed by atoms with Crippen molar-refractivity contribution < 1.29 is 9.13 Å². The molecule has 1 aliphatic rings. The summed E-state index contributed by atoms with van der Waals surface area (Å²) < 4.78 is 18.8. The number of hydrogen-bond acceptors (Lipinski definition) is 2. The van der Waals surface area contributed by atoms with Crippen LogP contribution in [0.1, 0.15) is 18.7 Å². The zero-order valence-corrected chi connectivity index (χ0v) is 8.51. The van der Waals surface area contributed by atoms with Gasteiger partial charge >= 0.3 is 0 Å². The van der Waals surface area contributed by atoms with Crippen molar-refractivity contribution in [2.24, 2.45) is 0 Å². The molecule has 0 aromatic heterocycles. The Morgan fingerprint density at radius 1 is 1.57 bits per heavy atom. The van der Waals surface area contributed by atoms with Crippen LogP contribution >= 0.6 is 11.6 Å². The zero-order valence-electron chi connectivity index (χ0n) is 7.76. The third-order valence-corrected chi connectivity index (χ3v) is 2.54. The molecule has 2 unspecified atom stereocenters. The number of hydrogen-bond donors (Lipinski definition) is 1. The van der Waals surface area contributed by atoms with Gasteiger partial charge < -0.3 is 4.74 Å². The van der Waals surface area contributed by atoms with Gasteiger partial charge in [0.15, 0.2) is 0 Å². The van der Waals surface area contributed by atoms with E-state index in [1.807, 2.05) is 6.92 Å². The molecule has 14 heavy (non-hydrogen) atoms. The van der Waals surface area contributed by atoms with E-state index in [0.29, 0.717) is 17.2 Å². The minimum absolute atomic E-state index is 0.232. The minimum atomic E-state index is -0.418. The summed E-state index contributed by atoms with van der Waals surface area (Å²) in [4.78, 5) is 0. The fraction of sp³-hybridized carbons (Fsp3) is 0.400. The Balaban J connectivity index is 2.31. The van der Waals surface area contributed by atoms with Crippen LogP contribution in [0.3, 0.4) is 0 Å². The quantitative estimate of drug-likeness (QED) is 0.777. The molecule has 2 atom stereocenters. The number of nitrogens with one attached hydrogen (secondary N) is 1. The smallest absolute Gasteiger partial charge is 0.138 e. The second-order valence-electron chi connectivity index (χ2n) is 3.42. The molecule has 0 radical (unpaired) electrons. The topological polar surface area (TPSA) is 21.3 Å². The molecule has 1 aromatic carbocycles. The van der Waals surface area contributed by atoms with Crippen LogP contribution in [-0.4, -0.2) is 12.6 Å². The lowest BCUT2D eigenvalue weighted by molar-refractivity contribution is 0.0980. The van der Waals surface area contributed by atoms with Crippen molar-refractivity contribution in [2.45, 2.75) is 19.2 Å². The van der Waals surface area contributed by atoms with Crippen LogP contribution in [0.25, 0.3) is 0 Å². The summed E-state index contributed by atoms with van der Waals surface area (Å²) in [5.74, 6) is -0.330. The molecule has 1 fully saturated rings. The Labute approximate surface area is 87.0 Å². The fourth-order valence-electron chi connectivity index (χ4n) is 1.52. The minimum Gasteiger partial charge on any atom is -0.357 e. The molecular formula is C10H11ClFNO. The summed E-state index contributed by atoms with van der Waals surface area (Å²) in [7, 11) is 0. The predicted octanol–water partition coefficient (Wildman–Crippen LogP) is 2.49. The van der Waals surface area contributed by atoms with Crippen LogP contribution < -0.4 is 5.32 Å². The number of halogens is 2. The summed E-state index contributed by atoms with van der Waals surface area (Å²) in [6.07, 6.45) is -0.418. The van der Waals surface area contributed by atoms with Crippen LogP contribution in [0.15, 0.2) is 18.2 Å². The number of ether oxygens (including phenoxy) is 1.